The lowest BCUT2D eigenvalue weighted by molar-refractivity contribution is 0.00578. The Bertz CT molecular complexity index is 483. The molecule has 0 aromatic carbocycles. The Morgan fingerprint density at radius 3 is 2.67 bits per heavy atom. The summed E-state index contributed by atoms with van der Waals surface area (Å²) in [4.78, 5) is 4.48. The van der Waals surface area contributed by atoms with Crippen LogP contribution in [0.5, 0.6) is 5.19 Å². The quantitative estimate of drug-likeness (QED) is 0.796. The fourth-order valence-electron chi connectivity index (χ4n) is 2.35. The summed E-state index contributed by atoms with van der Waals surface area (Å²) < 4.78 is 23.2. The highest BCUT2D eigenvalue weighted by Gasteiger charge is 2.52. The Balaban J connectivity index is 1.60. The molecular weight excluding hydrogens is 289 g/mol. The van der Waals surface area contributed by atoms with Gasteiger partial charge in [0, 0.05) is 12.0 Å². The molecule has 2 aliphatic rings. The Hall–Kier alpha value is -0.625. The number of hydrogen-bond acceptors (Lipinski definition) is 6. The average Bonchev–Trinajstić information content (AvgIpc) is 3.09. The van der Waals surface area contributed by atoms with Crippen molar-refractivity contribution >= 4 is 24.0 Å². The van der Waals surface area contributed by atoms with E-state index in [9.17, 15) is 0 Å². The Labute approximate surface area is 130 Å². The van der Waals surface area contributed by atoms with E-state index in [2.05, 4.69) is 4.98 Å². The van der Waals surface area contributed by atoms with Gasteiger partial charge in [0.25, 0.3) is 5.19 Å². The van der Waals surface area contributed by atoms with Gasteiger partial charge in [0.1, 0.15) is 6.61 Å². The molecule has 1 unspecified atom stereocenters. The highest BCUT2D eigenvalue weighted by atomic mass is 32.1. The third-order valence-electron chi connectivity index (χ3n) is 4.41. The Kier molecular flexibility index (Phi) is 4.03. The van der Waals surface area contributed by atoms with Crippen molar-refractivity contribution in [3.05, 3.63) is 5.38 Å². The van der Waals surface area contributed by atoms with Gasteiger partial charge in [0.2, 0.25) is 0 Å². The molecule has 3 heterocycles. The minimum atomic E-state index is -0.425. The van der Waals surface area contributed by atoms with Crippen molar-refractivity contribution in [3.8, 4) is 5.19 Å². The van der Waals surface area contributed by atoms with Gasteiger partial charge in [0.15, 0.2) is 0 Å². The highest BCUT2D eigenvalue weighted by Crippen LogP contribution is 2.36. The average molecular weight is 311 g/mol. The van der Waals surface area contributed by atoms with Crippen LogP contribution < -0.4 is 10.3 Å². The van der Waals surface area contributed by atoms with E-state index in [1.807, 2.05) is 33.1 Å². The minimum Gasteiger partial charge on any atom is -0.467 e. The molecule has 2 saturated heterocycles. The molecule has 0 aliphatic carbocycles. The van der Waals surface area contributed by atoms with Crippen LogP contribution in [0.2, 0.25) is 0 Å². The molecule has 1 atom stereocenters. The first-order valence-corrected chi connectivity index (χ1v) is 8.31. The van der Waals surface area contributed by atoms with Crippen LogP contribution in [0.3, 0.4) is 0 Å². The molecule has 21 heavy (non-hydrogen) atoms. The standard InChI is InChI=1S/C14H22BNO4S/c1-13(2)14(3,4)20-15(19-13)11-9-21-12(16-11)18-8-10-6-5-7-17-10/h9-10H,5-8H2,1-4H3. The minimum absolute atomic E-state index is 0.203. The summed E-state index contributed by atoms with van der Waals surface area (Å²) in [6.07, 6.45) is 2.38. The van der Waals surface area contributed by atoms with Crippen LogP contribution in [0.1, 0.15) is 40.5 Å². The molecule has 5 nitrogen and oxygen atoms in total. The summed E-state index contributed by atoms with van der Waals surface area (Å²) >= 11 is 1.47. The SMILES string of the molecule is CC1(C)OB(c2csc(OCC3CCCO3)n2)OC1(C)C. The zero-order valence-electron chi connectivity index (χ0n) is 13.0. The molecule has 0 bridgehead atoms. The fourth-order valence-corrected chi connectivity index (χ4v) is 3.03. The molecule has 116 valence electrons. The summed E-state index contributed by atoms with van der Waals surface area (Å²) in [6, 6.07) is 0. The van der Waals surface area contributed by atoms with E-state index in [1.165, 1.54) is 11.3 Å². The molecule has 7 heteroatoms. The van der Waals surface area contributed by atoms with Gasteiger partial charge in [-0.2, -0.15) is 0 Å². The van der Waals surface area contributed by atoms with E-state index in [1.54, 1.807) is 0 Å². The van der Waals surface area contributed by atoms with Crippen LogP contribution in [0, 0.1) is 0 Å². The predicted octanol–water partition coefficient (Wildman–Crippen LogP) is 2.00. The summed E-state index contributed by atoms with van der Waals surface area (Å²) in [7, 11) is -0.425. The second-order valence-electron chi connectivity index (χ2n) is 6.57. The number of rotatable bonds is 4. The monoisotopic (exact) mass is 311 g/mol. The fraction of sp³-hybridized carbons (Fsp3) is 0.786. The highest BCUT2D eigenvalue weighted by molar-refractivity contribution is 7.12. The lowest BCUT2D eigenvalue weighted by Crippen LogP contribution is -2.41. The zero-order valence-corrected chi connectivity index (χ0v) is 13.9. The second kappa shape index (κ2) is 5.54. The molecule has 2 fully saturated rings. The summed E-state index contributed by atoms with van der Waals surface area (Å²) in [5.41, 5.74) is 0.0842. The number of thiazole rings is 1. The van der Waals surface area contributed by atoms with Crippen LogP contribution in [-0.2, 0) is 14.0 Å². The first-order chi connectivity index (χ1) is 9.87. The molecule has 0 saturated carbocycles. The summed E-state index contributed by atoms with van der Waals surface area (Å²) in [5, 5.41) is 2.59. The van der Waals surface area contributed by atoms with Gasteiger partial charge in [-0.1, -0.05) is 11.3 Å². The van der Waals surface area contributed by atoms with Crippen molar-refractivity contribution in [2.24, 2.45) is 0 Å². The molecular formula is C14H22BNO4S. The van der Waals surface area contributed by atoms with Gasteiger partial charge in [0.05, 0.1) is 22.9 Å². The van der Waals surface area contributed by atoms with Crippen LogP contribution in [-0.4, -0.2) is 42.6 Å². The van der Waals surface area contributed by atoms with E-state index in [-0.39, 0.29) is 17.3 Å². The predicted molar refractivity (Wildman–Crippen MR) is 82.3 cm³/mol. The molecule has 0 N–H and O–H groups in total. The van der Waals surface area contributed by atoms with Crippen LogP contribution >= 0.6 is 11.3 Å². The Morgan fingerprint density at radius 2 is 2.05 bits per heavy atom. The van der Waals surface area contributed by atoms with Crippen molar-refractivity contribution in [1.29, 1.82) is 0 Å². The lowest BCUT2D eigenvalue weighted by Gasteiger charge is -2.32. The first kappa shape index (κ1) is 15.3. The summed E-state index contributed by atoms with van der Waals surface area (Å²) in [6.45, 7) is 9.55. The van der Waals surface area contributed by atoms with E-state index in [0.717, 1.165) is 25.0 Å². The molecule has 2 aliphatic heterocycles. The maximum absolute atomic E-state index is 5.98. The molecule has 0 radical (unpaired) electrons. The lowest BCUT2D eigenvalue weighted by atomic mass is 9.86. The van der Waals surface area contributed by atoms with Gasteiger partial charge in [-0.3, -0.25) is 0 Å². The van der Waals surface area contributed by atoms with E-state index in [4.69, 9.17) is 18.8 Å². The maximum atomic E-state index is 5.98. The number of nitrogens with zero attached hydrogens (tertiary/aromatic N) is 1. The number of aromatic nitrogens is 1. The normalized spacial score (nSPS) is 27.2. The van der Waals surface area contributed by atoms with E-state index >= 15 is 0 Å². The van der Waals surface area contributed by atoms with E-state index < -0.39 is 7.12 Å². The van der Waals surface area contributed by atoms with Crippen LogP contribution in [0.25, 0.3) is 0 Å². The van der Waals surface area contributed by atoms with Crippen LogP contribution in [0.4, 0.5) is 0 Å². The van der Waals surface area contributed by atoms with Crippen molar-refractivity contribution in [3.63, 3.8) is 0 Å². The topological polar surface area (TPSA) is 49.8 Å². The zero-order chi connectivity index (χ0) is 15.1. The van der Waals surface area contributed by atoms with Crippen molar-refractivity contribution < 1.29 is 18.8 Å². The van der Waals surface area contributed by atoms with Gasteiger partial charge in [-0.05, 0) is 40.5 Å². The molecule has 3 rings (SSSR count). The van der Waals surface area contributed by atoms with Crippen LogP contribution in [0.15, 0.2) is 5.38 Å². The Morgan fingerprint density at radius 1 is 1.33 bits per heavy atom. The van der Waals surface area contributed by atoms with Crippen molar-refractivity contribution in [2.45, 2.75) is 57.8 Å². The molecule has 0 spiro atoms. The molecule has 0 amide bonds. The third-order valence-corrected chi connectivity index (χ3v) is 5.18. The van der Waals surface area contributed by atoms with Gasteiger partial charge >= 0.3 is 7.12 Å². The largest absolute Gasteiger partial charge is 0.515 e. The van der Waals surface area contributed by atoms with Gasteiger partial charge < -0.3 is 18.8 Å². The maximum Gasteiger partial charge on any atom is 0.515 e. The first-order valence-electron chi connectivity index (χ1n) is 7.43. The third kappa shape index (κ3) is 3.11. The molecule has 1 aromatic rings. The van der Waals surface area contributed by atoms with E-state index in [0.29, 0.717) is 11.8 Å². The van der Waals surface area contributed by atoms with Crippen molar-refractivity contribution in [2.75, 3.05) is 13.2 Å². The second-order valence-corrected chi connectivity index (χ2v) is 7.39. The van der Waals surface area contributed by atoms with Gasteiger partial charge in [-0.15, -0.1) is 0 Å². The number of ether oxygens (including phenoxy) is 2. The summed E-state index contributed by atoms with van der Waals surface area (Å²) in [5.74, 6) is 0. The smallest absolute Gasteiger partial charge is 0.467 e. The van der Waals surface area contributed by atoms with Crippen molar-refractivity contribution in [1.82, 2.24) is 4.98 Å². The van der Waals surface area contributed by atoms with Gasteiger partial charge in [-0.25, -0.2) is 4.98 Å². The molecule has 1 aromatic heterocycles. The number of hydrogen-bond donors (Lipinski definition) is 0.